The van der Waals surface area contributed by atoms with Gasteiger partial charge in [-0.05, 0) is 157 Å². The van der Waals surface area contributed by atoms with E-state index in [2.05, 4.69) is 95.3 Å². The van der Waals surface area contributed by atoms with Gasteiger partial charge in [-0.2, -0.15) is 0 Å². The van der Waals surface area contributed by atoms with Crippen LogP contribution in [0.3, 0.4) is 0 Å². The number of aliphatic carboxylic acids is 1. The highest BCUT2D eigenvalue weighted by atomic mass is 16.5. The molecule has 0 aromatic carbocycles. The van der Waals surface area contributed by atoms with E-state index >= 15 is 0 Å². The lowest BCUT2D eigenvalue weighted by molar-refractivity contribution is -0.150. The van der Waals surface area contributed by atoms with Gasteiger partial charge in [0.1, 0.15) is 6.10 Å². The molecule has 0 spiro atoms. The van der Waals surface area contributed by atoms with E-state index in [1.165, 1.54) is 244 Å². The van der Waals surface area contributed by atoms with Crippen LogP contribution < -0.4 is 0 Å². The Morgan fingerprint density at radius 2 is 0.641 bits per heavy atom. The molecule has 7 heteroatoms. The maximum Gasteiger partial charge on any atom is 0.306 e. The Balaban J connectivity index is -0.000000609. The van der Waals surface area contributed by atoms with Crippen molar-refractivity contribution in [1.29, 1.82) is 0 Å². The van der Waals surface area contributed by atoms with E-state index < -0.39 is 5.97 Å². The molecule has 2 unspecified atom stereocenters. The third-order valence-corrected chi connectivity index (χ3v) is 14.5. The van der Waals surface area contributed by atoms with Crippen LogP contribution in [0.15, 0.2) is 48.6 Å². The molecule has 0 aliphatic heterocycles. The van der Waals surface area contributed by atoms with E-state index in [0.29, 0.717) is 6.42 Å². The van der Waals surface area contributed by atoms with E-state index in [-0.39, 0.29) is 32.0 Å². The first-order valence-corrected chi connectivity index (χ1v) is 33.5. The maximum absolute atomic E-state index is 12.4. The zero-order valence-electron chi connectivity index (χ0n) is 53.1. The van der Waals surface area contributed by atoms with Crippen molar-refractivity contribution in [1.82, 2.24) is 9.80 Å². The number of carboxylic acid groups (broad SMARTS) is 1. The zero-order valence-corrected chi connectivity index (χ0v) is 53.1. The van der Waals surface area contributed by atoms with Gasteiger partial charge in [0.25, 0.3) is 0 Å². The van der Waals surface area contributed by atoms with Crippen LogP contribution in [0.4, 0.5) is 0 Å². The van der Waals surface area contributed by atoms with E-state index in [4.69, 9.17) is 9.84 Å². The Morgan fingerprint density at radius 1 is 0.372 bits per heavy atom. The largest absolute Gasteiger partial charge is 0.481 e. The minimum atomic E-state index is -0.711. The molecule has 0 heterocycles. The number of allylic oxidation sites excluding steroid dienone is 8. The van der Waals surface area contributed by atoms with Gasteiger partial charge in [0.05, 0.1) is 6.10 Å². The third-order valence-electron chi connectivity index (χ3n) is 14.5. The van der Waals surface area contributed by atoms with Crippen molar-refractivity contribution >= 4 is 11.9 Å². The van der Waals surface area contributed by atoms with Crippen LogP contribution in [0, 0.1) is 0 Å². The first kappa shape index (κ1) is 82.2. The lowest BCUT2D eigenvalue weighted by Gasteiger charge is -2.18. The number of carbonyl (C=O) groups excluding carboxylic acids is 1. The molecular weight excluding hydrogens is 961 g/mol. The van der Waals surface area contributed by atoms with Crippen LogP contribution in [0.1, 0.15) is 343 Å². The predicted octanol–water partition coefficient (Wildman–Crippen LogP) is 22.1. The van der Waals surface area contributed by atoms with Crippen molar-refractivity contribution in [2.24, 2.45) is 0 Å². The zero-order chi connectivity index (χ0) is 57.2. The van der Waals surface area contributed by atoms with Crippen LogP contribution in [0.2, 0.25) is 0 Å². The van der Waals surface area contributed by atoms with Crippen LogP contribution in [-0.4, -0.2) is 85.4 Å². The maximum atomic E-state index is 12.4. The van der Waals surface area contributed by atoms with Crippen molar-refractivity contribution in [2.75, 3.05) is 41.3 Å². The molecule has 0 saturated carbocycles. The smallest absolute Gasteiger partial charge is 0.306 e. The summed E-state index contributed by atoms with van der Waals surface area (Å²) in [6, 6.07) is 0. The van der Waals surface area contributed by atoms with E-state index in [1.807, 2.05) is 19.0 Å². The van der Waals surface area contributed by atoms with Crippen molar-refractivity contribution in [3.63, 3.8) is 0 Å². The summed E-state index contributed by atoms with van der Waals surface area (Å²) >= 11 is 0. The number of aliphatic hydroxyl groups is 1. The molecule has 2 N–H and O–H groups in total. The molecule has 2 atom stereocenters. The molecule has 0 bridgehead atoms. The van der Waals surface area contributed by atoms with Gasteiger partial charge in [0.2, 0.25) is 0 Å². The quantitative estimate of drug-likeness (QED) is 0.0356. The fourth-order valence-corrected chi connectivity index (χ4v) is 9.49. The first-order chi connectivity index (χ1) is 37.5. The van der Waals surface area contributed by atoms with E-state index in [0.717, 1.165) is 64.5 Å². The number of carbonyl (C=O) groups is 2. The average molecular weight is 1100 g/mol. The normalized spacial score (nSPS) is 12.4. The predicted molar refractivity (Wildman–Crippen MR) is 348 cm³/mol. The summed E-state index contributed by atoms with van der Waals surface area (Å²) < 4.78 is 5.94. The summed E-state index contributed by atoms with van der Waals surface area (Å²) in [5.74, 6) is -0.700. The fourth-order valence-electron chi connectivity index (χ4n) is 9.49. The first-order valence-electron chi connectivity index (χ1n) is 33.5. The number of carboxylic acids is 1. The number of hydrogen-bond acceptors (Lipinski definition) is 6. The summed E-state index contributed by atoms with van der Waals surface area (Å²) in [6.45, 7) is 10.9. The molecule has 0 saturated heterocycles. The van der Waals surface area contributed by atoms with Gasteiger partial charge < -0.3 is 24.7 Å². The Bertz CT molecular complexity index is 1260. The van der Waals surface area contributed by atoms with E-state index in [1.54, 1.807) is 0 Å². The molecule has 0 fully saturated rings. The Hall–Kier alpha value is -2.22. The lowest BCUT2D eigenvalue weighted by atomic mass is 10.0. The number of esters is 1. The molecule has 0 aromatic heterocycles. The molecule has 0 rings (SSSR count). The molecule has 78 heavy (non-hydrogen) atoms. The van der Waals surface area contributed by atoms with E-state index in [9.17, 15) is 14.7 Å². The minimum absolute atomic E-state index is 0. The number of aliphatic hydroxyl groups excluding tert-OH is 1. The summed E-state index contributed by atoms with van der Waals surface area (Å²) in [4.78, 5) is 26.4. The Labute approximate surface area is 489 Å². The Kier molecular flexibility index (Phi) is 76.8. The van der Waals surface area contributed by atoms with Gasteiger partial charge in [-0.15, -0.1) is 0 Å². The van der Waals surface area contributed by atoms with Gasteiger partial charge >= 0.3 is 11.9 Å². The molecule has 0 aliphatic rings. The van der Waals surface area contributed by atoms with Gasteiger partial charge in [-0.3, -0.25) is 9.59 Å². The highest BCUT2D eigenvalue weighted by Gasteiger charge is 2.14. The average Bonchev–Trinajstić information content (AvgIpc) is 3.39. The fraction of sp³-hybridized carbons (Fsp3) is 0.859. The number of ether oxygens (including phenoxy) is 1. The number of nitrogens with zero attached hydrogens (tertiary/aromatic N) is 2. The molecule has 0 amide bonds. The highest BCUT2D eigenvalue weighted by Crippen LogP contribution is 2.19. The number of unbranched alkanes of at least 4 members (excludes halogenated alkanes) is 32. The minimum Gasteiger partial charge on any atom is -0.481 e. The standard InChI is InChI=1S/C35H67NO2.C29H56O.C6H13NO2.CH4/c1-5-7-9-11-13-14-15-16-17-18-19-20-21-22-24-26-28-31-34(30-27-25-23-12-10-8-6-2)38-35(37)32-29-33-36(3)4;1-3-5-7-9-11-12-13-14-15-16-17-18-19-20-22-24-26-28-29(30)27-25-23-21-10-8-6-4-2;1-7(2)5-3-4-6(8)9;/h13-14,16-17,34H,5-12,15,18-33H2,1-4H3;11-12,14-15,29-30H,3-10,13,16-28H2,1-2H3;3-5H2,1-2H3,(H,8,9);1H4/b14-13-,17-16-;12-11-,15-14-;;. The summed E-state index contributed by atoms with van der Waals surface area (Å²) in [7, 11) is 7.98. The molecule has 7 nitrogen and oxygen atoms in total. The van der Waals surface area contributed by atoms with Gasteiger partial charge in [0, 0.05) is 12.8 Å². The van der Waals surface area contributed by atoms with Gasteiger partial charge in [-0.1, -0.05) is 264 Å². The third kappa shape index (κ3) is 80.3. The molecular formula is C71H140N2O5. The highest BCUT2D eigenvalue weighted by molar-refractivity contribution is 5.69. The second kappa shape index (κ2) is 72.8. The summed E-state index contributed by atoms with van der Waals surface area (Å²) in [5, 5.41) is 18.3. The summed E-state index contributed by atoms with van der Waals surface area (Å²) in [6.07, 6.45) is 77.7. The van der Waals surface area contributed by atoms with Gasteiger partial charge in [0.15, 0.2) is 0 Å². The molecule has 464 valence electrons. The van der Waals surface area contributed by atoms with Crippen molar-refractivity contribution in [2.45, 2.75) is 356 Å². The van der Waals surface area contributed by atoms with Crippen molar-refractivity contribution in [3.8, 4) is 0 Å². The number of rotatable bonds is 57. The van der Waals surface area contributed by atoms with Crippen LogP contribution in [-0.2, 0) is 14.3 Å². The Morgan fingerprint density at radius 3 is 0.962 bits per heavy atom. The monoisotopic (exact) mass is 1100 g/mol. The summed E-state index contributed by atoms with van der Waals surface area (Å²) in [5.41, 5.74) is 0. The van der Waals surface area contributed by atoms with Crippen LogP contribution in [0.25, 0.3) is 0 Å². The topological polar surface area (TPSA) is 90.3 Å². The van der Waals surface area contributed by atoms with Gasteiger partial charge in [-0.25, -0.2) is 0 Å². The second-order valence-electron chi connectivity index (χ2n) is 23.2. The second-order valence-corrected chi connectivity index (χ2v) is 23.2. The lowest BCUT2D eigenvalue weighted by Crippen LogP contribution is -2.20. The SMILES string of the molecule is C.CCCCC/C=C\C/C=C\CCCCCCCCCC(CCCCCCCCC)OC(=O)CCCN(C)C.CCCCC/C=C\C/C=C\CCCCCCCCCC(O)CCCCCCCCC.CN(C)CCCC(=O)O. The van der Waals surface area contributed by atoms with Crippen molar-refractivity contribution < 1.29 is 24.5 Å². The molecule has 0 aliphatic carbocycles. The van der Waals surface area contributed by atoms with Crippen LogP contribution >= 0.6 is 0 Å². The molecule has 0 aromatic rings. The number of hydrogen-bond donors (Lipinski definition) is 2. The molecule has 0 radical (unpaired) electrons. The van der Waals surface area contributed by atoms with Crippen LogP contribution in [0.5, 0.6) is 0 Å². The van der Waals surface area contributed by atoms with Crippen molar-refractivity contribution in [3.05, 3.63) is 48.6 Å².